The first-order valence-electron chi connectivity index (χ1n) is 7.66. The van der Waals surface area contributed by atoms with Gasteiger partial charge in [0.15, 0.2) is 0 Å². The van der Waals surface area contributed by atoms with Crippen LogP contribution in [0.3, 0.4) is 0 Å². The van der Waals surface area contributed by atoms with Gasteiger partial charge in [-0.15, -0.1) is 0 Å². The molecular formula is C19H22N2O2. The molecule has 1 unspecified atom stereocenters. The van der Waals surface area contributed by atoms with Gasteiger partial charge in [-0.1, -0.05) is 54.6 Å². The van der Waals surface area contributed by atoms with E-state index in [2.05, 4.69) is 6.07 Å². The second-order valence-electron chi connectivity index (χ2n) is 5.50. The smallest absolute Gasteiger partial charge is 0.104 e. The maximum Gasteiger partial charge on any atom is 0.104 e. The Kier molecular flexibility index (Phi) is 6.76. The summed E-state index contributed by atoms with van der Waals surface area (Å²) in [5, 5.41) is 18.9. The van der Waals surface area contributed by atoms with E-state index in [-0.39, 0.29) is 0 Å². The van der Waals surface area contributed by atoms with E-state index in [0.717, 1.165) is 23.2 Å². The van der Waals surface area contributed by atoms with Gasteiger partial charge in [-0.3, -0.25) is 4.90 Å². The number of hydrogen-bond acceptors (Lipinski definition) is 4. The number of ether oxygens (including phenoxy) is 1. The summed E-state index contributed by atoms with van der Waals surface area (Å²) in [4.78, 5) is 1.92. The molecule has 0 radical (unpaired) electrons. The molecule has 120 valence electrons. The fourth-order valence-electron chi connectivity index (χ4n) is 2.23. The summed E-state index contributed by atoms with van der Waals surface area (Å²) in [7, 11) is 1.90. The Bertz CT molecular complexity index is 620. The number of likely N-dealkylation sites (N-methyl/N-ethyl adjacent to an activating group) is 1. The highest BCUT2D eigenvalue weighted by atomic mass is 16.5. The monoisotopic (exact) mass is 310 g/mol. The molecule has 23 heavy (non-hydrogen) atoms. The van der Waals surface area contributed by atoms with Crippen LogP contribution in [0.5, 0.6) is 0 Å². The Morgan fingerprint density at radius 2 is 1.74 bits per heavy atom. The molecule has 0 amide bonds. The van der Waals surface area contributed by atoms with E-state index in [1.54, 1.807) is 0 Å². The standard InChI is InChI=1S/C19H22N2O2/c1-21(12-11-20)13-14-23-15-16-7-9-18(10-8-16)19(22)17-5-3-2-4-6-17/h2-10,19,22H,12-15H2,1H3. The van der Waals surface area contributed by atoms with E-state index in [4.69, 9.17) is 10.00 Å². The number of nitrogens with zero attached hydrogens (tertiary/aromatic N) is 2. The van der Waals surface area contributed by atoms with Crippen LogP contribution in [0.1, 0.15) is 22.8 Å². The normalized spacial score (nSPS) is 12.1. The van der Waals surface area contributed by atoms with Crippen LogP contribution in [0, 0.1) is 11.3 Å². The summed E-state index contributed by atoms with van der Waals surface area (Å²) in [5.41, 5.74) is 2.82. The predicted molar refractivity (Wildman–Crippen MR) is 89.7 cm³/mol. The Morgan fingerprint density at radius 3 is 2.39 bits per heavy atom. The van der Waals surface area contributed by atoms with Crippen molar-refractivity contribution in [2.24, 2.45) is 0 Å². The number of aliphatic hydroxyl groups is 1. The Labute approximate surface area is 137 Å². The minimum absolute atomic E-state index is 0.412. The molecule has 4 nitrogen and oxygen atoms in total. The first-order chi connectivity index (χ1) is 11.2. The zero-order valence-corrected chi connectivity index (χ0v) is 13.4. The molecule has 0 aliphatic rings. The number of benzene rings is 2. The van der Waals surface area contributed by atoms with E-state index < -0.39 is 6.10 Å². The Morgan fingerprint density at radius 1 is 1.09 bits per heavy atom. The second-order valence-corrected chi connectivity index (χ2v) is 5.50. The molecule has 0 aliphatic carbocycles. The van der Waals surface area contributed by atoms with Crippen LogP contribution >= 0.6 is 0 Å². The molecule has 2 rings (SSSR count). The van der Waals surface area contributed by atoms with Gasteiger partial charge in [-0.25, -0.2) is 0 Å². The molecular weight excluding hydrogens is 288 g/mol. The van der Waals surface area contributed by atoms with Crippen molar-refractivity contribution in [3.8, 4) is 6.07 Å². The molecule has 2 aromatic rings. The fraction of sp³-hybridized carbons (Fsp3) is 0.316. The van der Waals surface area contributed by atoms with Crippen molar-refractivity contribution in [1.29, 1.82) is 5.26 Å². The van der Waals surface area contributed by atoms with Crippen LogP contribution < -0.4 is 0 Å². The molecule has 4 heteroatoms. The van der Waals surface area contributed by atoms with Gasteiger partial charge in [0, 0.05) is 6.54 Å². The third-order valence-corrected chi connectivity index (χ3v) is 3.64. The molecule has 0 aliphatic heterocycles. The minimum Gasteiger partial charge on any atom is -0.384 e. The van der Waals surface area contributed by atoms with E-state index >= 15 is 0 Å². The Hall–Kier alpha value is -2.19. The summed E-state index contributed by atoms with van der Waals surface area (Å²) >= 11 is 0. The predicted octanol–water partition coefficient (Wildman–Crippen LogP) is 2.74. The molecule has 0 aromatic heterocycles. The second kappa shape index (κ2) is 9.06. The summed E-state index contributed by atoms with van der Waals surface area (Å²) < 4.78 is 5.61. The first-order valence-corrected chi connectivity index (χ1v) is 7.66. The van der Waals surface area contributed by atoms with Crippen molar-refractivity contribution in [3.05, 3.63) is 71.3 Å². The zero-order valence-electron chi connectivity index (χ0n) is 13.4. The first kappa shape index (κ1) is 17.2. The van der Waals surface area contributed by atoms with Crippen LogP contribution in [0.25, 0.3) is 0 Å². The largest absolute Gasteiger partial charge is 0.384 e. The SMILES string of the molecule is CN(CC#N)CCOCc1ccc(C(O)c2ccccc2)cc1. The maximum absolute atomic E-state index is 10.3. The molecule has 2 aromatic carbocycles. The molecule has 0 heterocycles. The van der Waals surface area contributed by atoms with Crippen molar-refractivity contribution < 1.29 is 9.84 Å². The van der Waals surface area contributed by atoms with E-state index in [1.165, 1.54) is 0 Å². The van der Waals surface area contributed by atoms with Crippen LogP contribution in [0.4, 0.5) is 0 Å². The third kappa shape index (κ3) is 5.50. The number of hydrogen-bond donors (Lipinski definition) is 1. The Balaban J connectivity index is 1.82. The topological polar surface area (TPSA) is 56.5 Å². The average Bonchev–Trinajstić information content (AvgIpc) is 2.60. The molecule has 0 saturated carbocycles. The van der Waals surface area contributed by atoms with E-state index in [1.807, 2.05) is 66.5 Å². The van der Waals surface area contributed by atoms with E-state index in [0.29, 0.717) is 19.8 Å². The molecule has 0 bridgehead atoms. The van der Waals surface area contributed by atoms with Gasteiger partial charge in [-0.05, 0) is 23.7 Å². The molecule has 1 atom stereocenters. The lowest BCUT2D eigenvalue weighted by molar-refractivity contribution is 0.103. The van der Waals surface area contributed by atoms with Gasteiger partial charge in [0.1, 0.15) is 6.10 Å². The lowest BCUT2D eigenvalue weighted by atomic mass is 10.0. The highest BCUT2D eigenvalue weighted by molar-refractivity contribution is 5.31. The van der Waals surface area contributed by atoms with Gasteiger partial charge in [-0.2, -0.15) is 5.26 Å². The molecule has 0 saturated heterocycles. The summed E-state index contributed by atoms with van der Waals surface area (Å²) in [6.45, 7) is 2.27. The summed E-state index contributed by atoms with van der Waals surface area (Å²) in [6.07, 6.45) is -0.606. The molecule has 0 fully saturated rings. The van der Waals surface area contributed by atoms with Crippen molar-refractivity contribution >= 4 is 0 Å². The van der Waals surface area contributed by atoms with E-state index in [9.17, 15) is 5.11 Å². The van der Waals surface area contributed by atoms with Crippen LogP contribution in [0.15, 0.2) is 54.6 Å². The fourth-order valence-corrected chi connectivity index (χ4v) is 2.23. The molecule has 0 spiro atoms. The van der Waals surface area contributed by atoms with Crippen LogP contribution in [0.2, 0.25) is 0 Å². The highest BCUT2D eigenvalue weighted by Gasteiger charge is 2.09. The number of rotatable bonds is 8. The third-order valence-electron chi connectivity index (χ3n) is 3.64. The maximum atomic E-state index is 10.3. The van der Waals surface area contributed by atoms with Crippen molar-refractivity contribution in [1.82, 2.24) is 4.90 Å². The minimum atomic E-state index is -0.606. The van der Waals surface area contributed by atoms with Crippen LogP contribution in [-0.4, -0.2) is 36.8 Å². The van der Waals surface area contributed by atoms with Crippen molar-refractivity contribution in [3.63, 3.8) is 0 Å². The number of nitriles is 1. The van der Waals surface area contributed by atoms with Crippen molar-refractivity contribution in [2.45, 2.75) is 12.7 Å². The lowest BCUT2D eigenvalue weighted by Crippen LogP contribution is -2.23. The quantitative estimate of drug-likeness (QED) is 0.602. The van der Waals surface area contributed by atoms with Crippen LogP contribution in [-0.2, 0) is 11.3 Å². The summed E-state index contributed by atoms with van der Waals surface area (Å²) in [6, 6.07) is 19.5. The summed E-state index contributed by atoms with van der Waals surface area (Å²) in [5.74, 6) is 0. The average molecular weight is 310 g/mol. The van der Waals surface area contributed by atoms with Gasteiger partial charge < -0.3 is 9.84 Å². The zero-order chi connectivity index (χ0) is 16.5. The van der Waals surface area contributed by atoms with Gasteiger partial charge >= 0.3 is 0 Å². The van der Waals surface area contributed by atoms with Gasteiger partial charge in [0.2, 0.25) is 0 Å². The van der Waals surface area contributed by atoms with Gasteiger partial charge in [0.25, 0.3) is 0 Å². The van der Waals surface area contributed by atoms with Crippen molar-refractivity contribution in [2.75, 3.05) is 26.7 Å². The lowest BCUT2D eigenvalue weighted by Gasteiger charge is -2.13. The molecule has 1 N–H and O–H groups in total. The number of aliphatic hydroxyl groups excluding tert-OH is 1. The van der Waals surface area contributed by atoms with Gasteiger partial charge in [0.05, 0.1) is 25.8 Å². The highest BCUT2D eigenvalue weighted by Crippen LogP contribution is 2.21.